The minimum Gasteiger partial charge on any atom is -0.480 e. The molecule has 2 unspecified atom stereocenters. The van der Waals surface area contributed by atoms with Crippen molar-refractivity contribution < 1.29 is 34.5 Å². The molecule has 10 nitrogen and oxygen atoms in total. The molecule has 26 heavy (non-hydrogen) atoms. The molecular weight excluding hydrogens is 365 g/mol. The number of carboxylic acids is 3. The number of carboxylic acid groups (broad SMARTS) is 3. The summed E-state index contributed by atoms with van der Waals surface area (Å²) in [6.45, 7) is 1.74. The number of carbonyl (C=O) groups excluding carboxylic acids is 1. The number of hydrogen-bond acceptors (Lipinski definition) is 7. The lowest BCUT2D eigenvalue weighted by Gasteiger charge is -2.30. The Morgan fingerprint density at radius 3 is 1.58 bits per heavy atom. The van der Waals surface area contributed by atoms with Crippen molar-refractivity contribution >= 4 is 32.7 Å². The maximum atomic E-state index is 11.6. The highest BCUT2D eigenvalue weighted by Gasteiger charge is 2.28. The number of nitrogens with zero attached hydrogens (tertiary/aromatic N) is 3. The molecule has 11 heteroatoms. The minimum atomic E-state index is -1.05. The van der Waals surface area contributed by atoms with Gasteiger partial charge < -0.3 is 15.3 Å². The second-order valence-electron chi connectivity index (χ2n) is 6.23. The largest absolute Gasteiger partial charge is 0.480 e. The van der Waals surface area contributed by atoms with Crippen LogP contribution in [0.5, 0.6) is 0 Å². The highest BCUT2D eigenvalue weighted by molar-refractivity contribution is 7.40. The lowest BCUT2D eigenvalue weighted by Crippen LogP contribution is -2.47. The topological polar surface area (TPSA) is 139 Å². The summed E-state index contributed by atoms with van der Waals surface area (Å²) in [5.41, 5.74) is -0.180. The van der Waals surface area contributed by atoms with Gasteiger partial charge in [-0.3, -0.25) is 33.9 Å². The van der Waals surface area contributed by atoms with Gasteiger partial charge in [0, 0.05) is 45.7 Å². The van der Waals surface area contributed by atoms with Gasteiger partial charge in [0.05, 0.1) is 13.1 Å². The fourth-order valence-electron chi connectivity index (χ4n) is 2.91. The van der Waals surface area contributed by atoms with Crippen molar-refractivity contribution in [2.75, 3.05) is 52.4 Å². The molecule has 0 spiro atoms. The summed E-state index contributed by atoms with van der Waals surface area (Å²) in [6.07, 6.45) is 0.255. The van der Waals surface area contributed by atoms with E-state index < -0.39 is 23.9 Å². The lowest BCUT2D eigenvalue weighted by atomic mass is 10.1. The average molecular weight is 391 g/mol. The molecule has 148 valence electrons. The number of hydrogen-bond donors (Lipinski definition) is 3. The Labute approximate surface area is 153 Å². The molecule has 0 aromatic rings. The second kappa shape index (κ2) is 11.2. The predicted molar refractivity (Wildman–Crippen MR) is 95.1 cm³/mol. The summed E-state index contributed by atoms with van der Waals surface area (Å²) in [4.78, 5) is 49.9. The maximum Gasteiger partial charge on any atom is 0.320 e. The first-order valence-corrected chi connectivity index (χ1v) is 8.90. The van der Waals surface area contributed by atoms with E-state index in [0.717, 1.165) is 0 Å². The van der Waals surface area contributed by atoms with Crippen LogP contribution in [-0.4, -0.2) is 112 Å². The fraction of sp³-hybridized carbons (Fsp3) is 0.733. The average Bonchev–Trinajstić information content (AvgIpc) is 2.59. The normalized spacial score (nSPS) is 19.1. The van der Waals surface area contributed by atoms with Crippen LogP contribution in [0.15, 0.2) is 0 Å². The van der Waals surface area contributed by atoms with Gasteiger partial charge in [-0.1, -0.05) is 9.24 Å². The molecule has 0 saturated carbocycles. The van der Waals surface area contributed by atoms with Gasteiger partial charge in [0.25, 0.3) is 0 Å². The van der Waals surface area contributed by atoms with Crippen molar-refractivity contribution in [1.29, 1.82) is 0 Å². The standard InChI is InChI=1S/C15H26N3O7P/c19-12(20)9-16-3-4-17(10-13(21)22)6-8-18(7-5-16)11(15(24)25)1-2-14(23)26/h11H,1-10,26H2,(H,19,20)(H,21,22)(H,24,25). The predicted octanol–water partition coefficient (Wildman–Crippen LogP) is -1.29. The molecule has 0 aliphatic carbocycles. The third-order valence-corrected chi connectivity index (χ3v) is 4.54. The van der Waals surface area contributed by atoms with Gasteiger partial charge in [0.15, 0.2) is 0 Å². The highest BCUT2D eigenvalue weighted by Crippen LogP contribution is 2.12. The molecule has 1 rings (SSSR count). The van der Waals surface area contributed by atoms with E-state index >= 15 is 0 Å². The van der Waals surface area contributed by atoms with Gasteiger partial charge in [-0.2, -0.15) is 0 Å². The molecule has 2 atom stereocenters. The Morgan fingerprint density at radius 1 is 0.808 bits per heavy atom. The zero-order valence-corrected chi connectivity index (χ0v) is 15.7. The van der Waals surface area contributed by atoms with Crippen LogP contribution < -0.4 is 0 Å². The van der Waals surface area contributed by atoms with Crippen LogP contribution in [0.2, 0.25) is 0 Å². The van der Waals surface area contributed by atoms with Gasteiger partial charge in [-0.25, -0.2) is 0 Å². The first-order chi connectivity index (χ1) is 12.2. The van der Waals surface area contributed by atoms with E-state index in [9.17, 15) is 24.3 Å². The van der Waals surface area contributed by atoms with E-state index in [2.05, 4.69) is 0 Å². The Bertz CT molecular complexity index is 503. The summed E-state index contributed by atoms with van der Waals surface area (Å²) < 4.78 is 0. The molecular formula is C15H26N3O7P. The van der Waals surface area contributed by atoms with Gasteiger partial charge in [-0.15, -0.1) is 0 Å². The van der Waals surface area contributed by atoms with Crippen LogP contribution in [0.1, 0.15) is 12.8 Å². The number of carbonyl (C=O) groups is 4. The number of aliphatic carboxylic acids is 3. The summed E-state index contributed by atoms with van der Waals surface area (Å²) in [7, 11) is 2.02. The SMILES string of the molecule is O=C(O)CN1CCN(CC(=O)O)CCN(C(CCC(=O)P)C(=O)O)CC1. The summed E-state index contributed by atoms with van der Waals surface area (Å²) in [5.74, 6) is -3.04. The van der Waals surface area contributed by atoms with Gasteiger partial charge in [-0.05, 0) is 6.42 Å². The first kappa shape index (κ1) is 22.4. The molecule has 1 aliphatic heterocycles. The van der Waals surface area contributed by atoms with E-state index in [-0.39, 0.29) is 31.5 Å². The van der Waals surface area contributed by atoms with Crippen LogP contribution in [0.25, 0.3) is 0 Å². The zero-order chi connectivity index (χ0) is 19.7. The molecule has 1 saturated heterocycles. The quantitative estimate of drug-likeness (QED) is 0.407. The second-order valence-corrected chi connectivity index (χ2v) is 6.88. The lowest BCUT2D eigenvalue weighted by molar-refractivity contribution is -0.144. The summed E-state index contributed by atoms with van der Waals surface area (Å²) >= 11 is 0. The van der Waals surface area contributed by atoms with Crippen LogP contribution in [0.4, 0.5) is 0 Å². The molecule has 0 bridgehead atoms. The monoisotopic (exact) mass is 391 g/mol. The van der Waals surface area contributed by atoms with Crippen LogP contribution in [0, 0.1) is 0 Å². The van der Waals surface area contributed by atoms with E-state index in [1.807, 2.05) is 9.24 Å². The van der Waals surface area contributed by atoms with E-state index in [4.69, 9.17) is 10.2 Å². The Kier molecular flexibility index (Phi) is 9.64. The van der Waals surface area contributed by atoms with Crippen LogP contribution >= 0.6 is 9.24 Å². The molecule has 0 aromatic carbocycles. The van der Waals surface area contributed by atoms with Crippen molar-refractivity contribution in [1.82, 2.24) is 14.7 Å². The van der Waals surface area contributed by atoms with Crippen molar-refractivity contribution in [3.8, 4) is 0 Å². The Morgan fingerprint density at radius 2 is 1.23 bits per heavy atom. The Hall–Kier alpha value is -1.61. The van der Waals surface area contributed by atoms with E-state index in [1.165, 1.54) is 0 Å². The van der Waals surface area contributed by atoms with Crippen molar-refractivity contribution in [3.05, 3.63) is 0 Å². The van der Waals surface area contributed by atoms with Gasteiger partial charge in [0.1, 0.15) is 11.6 Å². The molecule has 1 aliphatic rings. The summed E-state index contributed by atoms with van der Waals surface area (Å²) in [6, 6.07) is -0.879. The zero-order valence-electron chi connectivity index (χ0n) is 14.5. The molecule has 1 heterocycles. The van der Waals surface area contributed by atoms with Crippen LogP contribution in [-0.2, 0) is 19.2 Å². The smallest absolute Gasteiger partial charge is 0.320 e. The Balaban J connectivity index is 2.90. The van der Waals surface area contributed by atoms with Crippen LogP contribution in [0.3, 0.4) is 0 Å². The minimum absolute atomic E-state index is 0.107. The van der Waals surface area contributed by atoms with E-state index in [1.54, 1.807) is 14.7 Å². The third-order valence-electron chi connectivity index (χ3n) is 4.25. The summed E-state index contributed by atoms with van der Waals surface area (Å²) in [5, 5.41) is 27.6. The fourth-order valence-corrected chi connectivity index (χ4v) is 3.08. The number of rotatable bonds is 9. The van der Waals surface area contributed by atoms with Crippen molar-refractivity contribution in [2.45, 2.75) is 18.9 Å². The van der Waals surface area contributed by atoms with Crippen molar-refractivity contribution in [2.24, 2.45) is 0 Å². The molecule has 0 amide bonds. The molecule has 3 N–H and O–H groups in total. The molecule has 0 aromatic heterocycles. The molecule has 0 radical (unpaired) electrons. The maximum absolute atomic E-state index is 11.6. The first-order valence-electron chi connectivity index (χ1n) is 8.32. The third kappa shape index (κ3) is 8.66. The highest BCUT2D eigenvalue weighted by atomic mass is 31.0. The van der Waals surface area contributed by atoms with E-state index in [0.29, 0.717) is 39.3 Å². The van der Waals surface area contributed by atoms with Crippen molar-refractivity contribution in [3.63, 3.8) is 0 Å². The van der Waals surface area contributed by atoms with Gasteiger partial charge >= 0.3 is 17.9 Å². The molecule has 1 fully saturated rings. The van der Waals surface area contributed by atoms with Gasteiger partial charge in [0.2, 0.25) is 0 Å².